The van der Waals surface area contributed by atoms with Crippen LogP contribution in [0.15, 0.2) is 12.1 Å². The second kappa shape index (κ2) is 5.55. The fraction of sp³-hybridized carbons (Fsp3) is 0.500. The van der Waals surface area contributed by atoms with Gasteiger partial charge in [0.15, 0.2) is 11.6 Å². The van der Waals surface area contributed by atoms with Gasteiger partial charge in [-0.2, -0.15) is 0 Å². The minimum atomic E-state index is -1.46. The van der Waals surface area contributed by atoms with Gasteiger partial charge >= 0.3 is 5.97 Å². The number of nitrogens with zero attached hydrogens (tertiary/aromatic N) is 1. The van der Waals surface area contributed by atoms with E-state index in [-0.39, 0.29) is 11.7 Å². The molecule has 19 heavy (non-hydrogen) atoms. The molecule has 1 aliphatic rings. The maximum absolute atomic E-state index is 13.9. The first-order valence-corrected chi connectivity index (χ1v) is 6.46. The van der Waals surface area contributed by atoms with E-state index in [0.717, 1.165) is 31.7 Å². The molecule has 0 saturated heterocycles. The fourth-order valence-electron chi connectivity index (χ4n) is 2.64. The predicted molar refractivity (Wildman–Crippen MR) is 68.6 cm³/mol. The van der Waals surface area contributed by atoms with Gasteiger partial charge in [-0.25, -0.2) is 13.6 Å². The van der Waals surface area contributed by atoms with Crippen LogP contribution < -0.4 is 4.90 Å². The molecule has 0 aliphatic heterocycles. The van der Waals surface area contributed by atoms with Crippen molar-refractivity contribution in [2.24, 2.45) is 0 Å². The minimum absolute atomic E-state index is 0.134. The molecule has 0 aromatic heterocycles. The Morgan fingerprint density at radius 1 is 1.21 bits per heavy atom. The summed E-state index contributed by atoms with van der Waals surface area (Å²) in [6.45, 7) is 0. The van der Waals surface area contributed by atoms with Crippen LogP contribution in [0.1, 0.15) is 42.5 Å². The number of aromatic carboxylic acids is 1. The Bertz CT molecular complexity index is 485. The van der Waals surface area contributed by atoms with Gasteiger partial charge in [0.2, 0.25) is 0 Å². The van der Waals surface area contributed by atoms with Crippen LogP contribution in [0.3, 0.4) is 0 Å². The highest BCUT2D eigenvalue weighted by atomic mass is 19.2. The second-order valence-electron chi connectivity index (χ2n) is 4.97. The number of hydrogen-bond acceptors (Lipinski definition) is 2. The molecule has 0 unspecified atom stereocenters. The third-order valence-corrected chi connectivity index (χ3v) is 3.79. The van der Waals surface area contributed by atoms with E-state index < -0.39 is 23.2 Å². The monoisotopic (exact) mass is 269 g/mol. The number of carboxylic acids is 1. The molecule has 0 heterocycles. The summed E-state index contributed by atoms with van der Waals surface area (Å²) in [6, 6.07) is 2.66. The molecule has 1 N–H and O–H groups in total. The summed E-state index contributed by atoms with van der Waals surface area (Å²) >= 11 is 0. The van der Waals surface area contributed by atoms with Crippen molar-refractivity contribution < 1.29 is 18.7 Å². The van der Waals surface area contributed by atoms with Crippen LogP contribution in [0.4, 0.5) is 14.5 Å². The van der Waals surface area contributed by atoms with E-state index in [1.54, 1.807) is 11.9 Å². The van der Waals surface area contributed by atoms with Crippen LogP contribution in [0.2, 0.25) is 0 Å². The second-order valence-corrected chi connectivity index (χ2v) is 4.97. The van der Waals surface area contributed by atoms with Crippen LogP contribution >= 0.6 is 0 Å². The number of halogens is 2. The summed E-state index contributed by atoms with van der Waals surface area (Å²) in [6.07, 6.45) is 5.27. The van der Waals surface area contributed by atoms with Crippen molar-refractivity contribution in [1.29, 1.82) is 0 Å². The lowest BCUT2D eigenvalue weighted by atomic mass is 9.94. The summed E-state index contributed by atoms with van der Waals surface area (Å²) in [5, 5.41) is 8.75. The normalized spacial score (nSPS) is 16.4. The van der Waals surface area contributed by atoms with Crippen LogP contribution in [-0.2, 0) is 0 Å². The van der Waals surface area contributed by atoms with Crippen LogP contribution in [0.25, 0.3) is 0 Å². The molecule has 2 rings (SSSR count). The summed E-state index contributed by atoms with van der Waals surface area (Å²) in [5.74, 6) is -3.82. The first-order valence-electron chi connectivity index (χ1n) is 6.46. The quantitative estimate of drug-likeness (QED) is 0.913. The van der Waals surface area contributed by atoms with Crippen LogP contribution in [0, 0.1) is 11.6 Å². The van der Waals surface area contributed by atoms with Gasteiger partial charge in [-0.05, 0) is 25.0 Å². The Kier molecular flexibility index (Phi) is 4.02. The SMILES string of the molecule is CN(c1ccc(C(=O)O)c(F)c1F)C1CCCCC1. The van der Waals surface area contributed by atoms with Crippen LogP contribution in [0.5, 0.6) is 0 Å². The summed E-state index contributed by atoms with van der Waals surface area (Å²) in [5.41, 5.74) is -0.493. The van der Waals surface area contributed by atoms with Gasteiger partial charge in [0.25, 0.3) is 0 Å². The molecule has 1 fully saturated rings. The molecule has 0 radical (unpaired) electrons. The number of carboxylic acid groups (broad SMARTS) is 1. The van der Waals surface area contributed by atoms with Crippen molar-refractivity contribution in [1.82, 2.24) is 0 Å². The van der Waals surface area contributed by atoms with E-state index in [1.165, 1.54) is 12.5 Å². The Hall–Kier alpha value is -1.65. The van der Waals surface area contributed by atoms with Gasteiger partial charge < -0.3 is 10.0 Å². The Labute approximate surface area is 110 Å². The maximum atomic E-state index is 13.9. The molecule has 0 bridgehead atoms. The molecule has 0 amide bonds. The molecule has 1 aromatic rings. The Balaban J connectivity index is 2.29. The van der Waals surface area contributed by atoms with E-state index in [2.05, 4.69) is 0 Å². The predicted octanol–water partition coefficient (Wildman–Crippen LogP) is 3.43. The largest absolute Gasteiger partial charge is 0.478 e. The van der Waals surface area contributed by atoms with E-state index in [0.29, 0.717) is 0 Å². The highest BCUT2D eigenvalue weighted by molar-refractivity contribution is 5.88. The van der Waals surface area contributed by atoms with Crippen molar-refractivity contribution >= 4 is 11.7 Å². The number of benzene rings is 1. The van der Waals surface area contributed by atoms with Gasteiger partial charge in [0.1, 0.15) is 0 Å². The average Bonchev–Trinajstić information content (AvgIpc) is 2.41. The van der Waals surface area contributed by atoms with E-state index in [1.807, 2.05) is 0 Å². The van der Waals surface area contributed by atoms with E-state index >= 15 is 0 Å². The Morgan fingerprint density at radius 2 is 1.84 bits per heavy atom. The third-order valence-electron chi connectivity index (χ3n) is 3.79. The van der Waals surface area contributed by atoms with Crippen molar-refractivity contribution in [2.75, 3.05) is 11.9 Å². The summed E-state index contributed by atoms with van der Waals surface area (Å²) < 4.78 is 27.6. The first-order chi connectivity index (χ1) is 9.02. The molecule has 0 atom stereocenters. The molecule has 1 aromatic carbocycles. The van der Waals surface area contributed by atoms with Crippen LogP contribution in [-0.4, -0.2) is 24.2 Å². The lowest BCUT2D eigenvalue weighted by Gasteiger charge is -2.33. The maximum Gasteiger partial charge on any atom is 0.338 e. The first kappa shape index (κ1) is 13.8. The zero-order valence-corrected chi connectivity index (χ0v) is 10.8. The van der Waals surface area contributed by atoms with Gasteiger partial charge in [0.05, 0.1) is 11.3 Å². The molecule has 104 valence electrons. The third kappa shape index (κ3) is 2.69. The molecule has 5 heteroatoms. The highest BCUT2D eigenvalue weighted by Crippen LogP contribution is 2.29. The molecule has 3 nitrogen and oxygen atoms in total. The van der Waals surface area contributed by atoms with E-state index in [9.17, 15) is 13.6 Å². The fourth-order valence-corrected chi connectivity index (χ4v) is 2.64. The minimum Gasteiger partial charge on any atom is -0.478 e. The van der Waals surface area contributed by atoms with Gasteiger partial charge in [-0.1, -0.05) is 19.3 Å². The lowest BCUT2D eigenvalue weighted by molar-refractivity contribution is 0.0690. The van der Waals surface area contributed by atoms with Crippen molar-refractivity contribution in [3.63, 3.8) is 0 Å². The number of anilines is 1. The van der Waals surface area contributed by atoms with E-state index in [4.69, 9.17) is 5.11 Å². The number of carbonyl (C=O) groups is 1. The Morgan fingerprint density at radius 3 is 2.42 bits per heavy atom. The molecular formula is C14H17F2NO2. The van der Waals surface area contributed by atoms with Crippen molar-refractivity contribution in [2.45, 2.75) is 38.1 Å². The smallest absolute Gasteiger partial charge is 0.338 e. The van der Waals surface area contributed by atoms with Crippen molar-refractivity contribution in [3.8, 4) is 0 Å². The average molecular weight is 269 g/mol. The molecule has 1 saturated carbocycles. The molecular weight excluding hydrogens is 252 g/mol. The topological polar surface area (TPSA) is 40.5 Å². The highest BCUT2D eigenvalue weighted by Gasteiger charge is 2.24. The van der Waals surface area contributed by atoms with Crippen molar-refractivity contribution in [3.05, 3.63) is 29.3 Å². The summed E-state index contributed by atoms with van der Waals surface area (Å²) in [4.78, 5) is 12.5. The number of hydrogen-bond donors (Lipinski definition) is 1. The lowest BCUT2D eigenvalue weighted by Crippen LogP contribution is -2.34. The molecule has 1 aliphatic carbocycles. The number of rotatable bonds is 3. The van der Waals surface area contributed by atoms with Gasteiger partial charge in [-0.15, -0.1) is 0 Å². The molecule has 0 spiro atoms. The van der Waals surface area contributed by atoms with Gasteiger partial charge in [0, 0.05) is 13.1 Å². The summed E-state index contributed by atoms with van der Waals surface area (Å²) in [7, 11) is 1.73. The zero-order valence-electron chi connectivity index (χ0n) is 10.8. The van der Waals surface area contributed by atoms with Gasteiger partial charge in [-0.3, -0.25) is 0 Å². The standard InChI is InChI=1S/C14H17F2NO2/c1-17(9-5-3-2-4-6-9)11-8-7-10(14(18)19)12(15)13(11)16/h7-9H,2-6H2,1H3,(H,18,19). The zero-order chi connectivity index (χ0) is 14.0.